The van der Waals surface area contributed by atoms with Crippen LogP contribution in [-0.4, -0.2) is 15.8 Å². The van der Waals surface area contributed by atoms with Crippen LogP contribution in [-0.2, 0) is 13.5 Å². The van der Waals surface area contributed by atoms with E-state index in [1.165, 1.54) is 31.2 Å². The van der Waals surface area contributed by atoms with Crippen LogP contribution in [0.15, 0.2) is 12.4 Å². The Labute approximate surface area is 104 Å². The molecule has 0 amide bonds. The maximum atomic E-state index is 5.72. The third-order valence-corrected chi connectivity index (χ3v) is 4.06. The molecule has 17 heavy (non-hydrogen) atoms. The van der Waals surface area contributed by atoms with E-state index in [0.29, 0.717) is 6.04 Å². The first-order chi connectivity index (χ1) is 8.19. The summed E-state index contributed by atoms with van der Waals surface area (Å²) < 4.78 is 1.85. The number of nitrogens with two attached hydrogens (primary N) is 1. The summed E-state index contributed by atoms with van der Waals surface area (Å²) in [6.07, 6.45) is 10.3. The van der Waals surface area contributed by atoms with E-state index >= 15 is 0 Å². The first kappa shape index (κ1) is 12.6. The number of hydrogen-bond acceptors (Lipinski definition) is 3. The number of rotatable bonds is 4. The van der Waals surface area contributed by atoms with Crippen LogP contribution in [0.2, 0.25) is 0 Å². The smallest absolute Gasteiger partial charge is 0.0522 e. The molecule has 2 rings (SSSR count). The van der Waals surface area contributed by atoms with E-state index in [2.05, 4.69) is 23.6 Å². The van der Waals surface area contributed by atoms with Crippen molar-refractivity contribution in [1.82, 2.24) is 15.2 Å². The van der Waals surface area contributed by atoms with Gasteiger partial charge >= 0.3 is 0 Å². The van der Waals surface area contributed by atoms with Gasteiger partial charge in [0.25, 0.3) is 0 Å². The first-order valence-electron chi connectivity index (χ1n) is 6.62. The van der Waals surface area contributed by atoms with Gasteiger partial charge in [0.2, 0.25) is 0 Å². The molecule has 4 heteroatoms. The number of aryl methyl sites for hydroxylation is 1. The summed E-state index contributed by atoms with van der Waals surface area (Å²) >= 11 is 0. The van der Waals surface area contributed by atoms with E-state index in [9.17, 15) is 0 Å². The zero-order valence-electron chi connectivity index (χ0n) is 10.9. The molecular weight excluding hydrogens is 212 g/mol. The van der Waals surface area contributed by atoms with Gasteiger partial charge < -0.3 is 0 Å². The van der Waals surface area contributed by atoms with E-state index in [1.807, 2.05) is 17.9 Å². The Kier molecular flexibility index (Phi) is 4.18. The van der Waals surface area contributed by atoms with Crippen molar-refractivity contribution in [3.8, 4) is 0 Å². The van der Waals surface area contributed by atoms with Gasteiger partial charge in [0, 0.05) is 19.3 Å². The molecule has 0 aromatic carbocycles. The van der Waals surface area contributed by atoms with Gasteiger partial charge in [0.15, 0.2) is 0 Å². The van der Waals surface area contributed by atoms with E-state index in [-0.39, 0.29) is 0 Å². The molecule has 3 N–H and O–H groups in total. The van der Waals surface area contributed by atoms with Gasteiger partial charge in [-0.1, -0.05) is 19.8 Å². The summed E-state index contributed by atoms with van der Waals surface area (Å²) in [5, 5.41) is 4.21. The standard InChI is InChI=1S/C13H24N4/c1-10-3-5-12(6-4-10)13(16-14)7-11-8-15-17(2)9-11/h8-10,12-13,16H,3-7,14H2,1-2H3. The summed E-state index contributed by atoms with van der Waals surface area (Å²) in [7, 11) is 1.96. The van der Waals surface area contributed by atoms with Crippen molar-refractivity contribution in [1.29, 1.82) is 0 Å². The normalized spacial score (nSPS) is 27.0. The molecule has 1 atom stereocenters. The molecule has 4 nitrogen and oxygen atoms in total. The minimum absolute atomic E-state index is 0.395. The molecule has 1 saturated carbocycles. The SMILES string of the molecule is CC1CCC(C(Cc2cnn(C)c2)NN)CC1. The molecular formula is C13H24N4. The number of hydrogen-bond donors (Lipinski definition) is 2. The summed E-state index contributed by atoms with van der Waals surface area (Å²) in [5.41, 5.74) is 4.28. The molecule has 0 radical (unpaired) electrons. The second kappa shape index (κ2) is 5.65. The van der Waals surface area contributed by atoms with Crippen molar-refractivity contribution in [2.24, 2.45) is 24.7 Å². The lowest BCUT2D eigenvalue weighted by molar-refractivity contribution is 0.229. The Bertz CT molecular complexity index is 339. The average Bonchev–Trinajstić information content (AvgIpc) is 2.73. The molecule has 1 unspecified atom stereocenters. The predicted molar refractivity (Wildman–Crippen MR) is 69.1 cm³/mol. The Balaban J connectivity index is 1.92. The monoisotopic (exact) mass is 236 g/mol. The van der Waals surface area contributed by atoms with E-state index in [4.69, 9.17) is 5.84 Å². The van der Waals surface area contributed by atoms with E-state index in [0.717, 1.165) is 18.3 Å². The predicted octanol–water partition coefficient (Wildman–Crippen LogP) is 1.62. The summed E-state index contributed by atoms with van der Waals surface area (Å²) in [4.78, 5) is 0. The lowest BCUT2D eigenvalue weighted by atomic mass is 9.78. The summed E-state index contributed by atoms with van der Waals surface area (Å²) in [5.74, 6) is 7.33. The van der Waals surface area contributed by atoms with Crippen molar-refractivity contribution in [2.75, 3.05) is 0 Å². The number of nitrogens with one attached hydrogen (secondary N) is 1. The third kappa shape index (κ3) is 3.30. The van der Waals surface area contributed by atoms with Crippen molar-refractivity contribution >= 4 is 0 Å². The third-order valence-electron chi connectivity index (χ3n) is 4.06. The molecule has 0 spiro atoms. The van der Waals surface area contributed by atoms with Crippen molar-refractivity contribution in [3.05, 3.63) is 18.0 Å². The molecule has 1 fully saturated rings. The molecule has 1 aromatic rings. The topological polar surface area (TPSA) is 55.9 Å². The Morgan fingerprint density at radius 1 is 1.47 bits per heavy atom. The molecule has 0 aliphatic heterocycles. The van der Waals surface area contributed by atoms with Gasteiger partial charge in [-0.05, 0) is 36.7 Å². The molecule has 0 saturated heterocycles. The largest absolute Gasteiger partial charge is 0.276 e. The highest BCUT2D eigenvalue weighted by Gasteiger charge is 2.25. The Hall–Kier alpha value is -0.870. The summed E-state index contributed by atoms with van der Waals surface area (Å²) in [6.45, 7) is 2.35. The van der Waals surface area contributed by atoms with Crippen LogP contribution in [0.3, 0.4) is 0 Å². The quantitative estimate of drug-likeness (QED) is 0.617. The van der Waals surface area contributed by atoms with Gasteiger partial charge in [0.1, 0.15) is 0 Å². The van der Waals surface area contributed by atoms with E-state index in [1.54, 1.807) is 0 Å². The zero-order chi connectivity index (χ0) is 12.3. The van der Waals surface area contributed by atoms with Gasteiger partial charge in [-0.3, -0.25) is 16.0 Å². The van der Waals surface area contributed by atoms with Crippen LogP contribution < -0.4 is 11.3 Å². The first-order valence-corrected chi connectivity index (χ1v) is 6.62. The van der Waals surface area contributed by atoms with Crippen molar-refractivity contribution in [3.63, 3.8) is 0 Å². The van der Waals surface area contributed by atoms with Crippen LogP contribution in [0, 0.1) is 11.8 Å². The lowest BCUT2D eigenvalue weighted by Gasteiger charge is -2.32. The Morgan fingerprint density at radius 2 is 2.18 bits per heavy atom. The van der Waals surface area contributed by atoms with Crippen molar-refractivity contribution < 1.29 is 0 Å². The number of hydrazine groups is 1. The van der Waals surface area contributed by atoms with Gasteiger partial charge in [-0.2, -0.15) is 5.10 Å². The highest BCUT2D eigenvalue weighted by molar-refractivity contribution is 5.06. The van der Waals surface area contributed by atoms with Gasteiger partial charge in [-0.15, -0.1) is 0 Å². The van der Waals surface area contributed by atoms with Crippen LogP contribution in [0.25, 0.3) is 0 Å². The fourth-order valence-corrected chi connectivity index (χ4v) is 2.88. The highest BCUT2D eigenvalue weighted by Crippen LogP contribution is 2.31. The Morgan fingerprint density at radius 3 is 2.71 bits per heavy atom. The molecule has 1 aliphatic rings. The summed E-state index contributed by atoms with van der Waals surface area (Å²) in [6, 6.07) is 0.395. The van der Waals surface area contributed by atoms with Crippen molar-refractivity contribution in [2.45, 2.75) is 45.1 Å². The molecule has 1 heterocycles. The molecule has 96 valence electrons. The maximum absolute atomic E-state index is 5.72. The second-order valence-corrected chi connectivity index (χ2v) is 5.52. The highest BCUT2D eigenvalue weighted by atomic mass is 15.2. The minimum atomic E-state index is 0.395. The fourth-order valence-electron chi connectivity index (χ4n) is 2.88. The van der Waals surface area contributed by atoms with Crippen LogP contribution in [0.5, 0.6) is 0 Å². The van der Waals surface area contributed by atoms with E-state index < -0.39 is 0 Å². The van der Waals surface area contributed by atoms with Gasteiger partial charge in [0.05, 0.1) is 6.20 Å². The second-order valence-electron chi connectivity index (χ2n) is 5.52. The van der Waals surface area contributed by atoms with Crippen LogP contribution in [0.1, 0.15) is 38.2 Å². The average molecular weight is 236 g/mol. The van der Waals surface area contributed by atoms with Crippen LogP contribution >= 0.6 is 0 Å². The molecule has 1 aromatic heterocycles. The number of aromatic nitrogens is 2. The molecule has 1 aliphatic carbocycles. The minimum Gasteiger partial charge on any atom is -0.276 e. The zero-order valence-corrected chi connectivity index (χ0v) is 10.9. The van der Waals surface area contributed by atoms with Gasteiger partial charge in [-0.25, -0.2) is 0 Å². The number of nitrogens with zero attached hydrogens (tertiary/aromatic N) is 2. The lowest BCUT2D eigenvalue weighted by Crippen LogP contribution is -2.43. The maximum Gasteiger partial charge on any atom is 0.0522 e. The van der Waals surface area contributed by atoms with Crippen LogP contribution in [0.4, 0.5) is 0 Å². The fraction of sp³-hybridized carbons (Fsp3) is 0.769. The molecule has 0 bridgehead atoms.